The summed E-state index contributed by atoms with van der Waals surface area (Å²) in [4.78, 5) is 4.28. The summed E-state index contributed by atoms with van der Waals surface area (Å²) >= 11 is 3.36. The first-order valence-corrected chi connectivity index (χ1v) is 5.92. The number of rotatable bonds is 4. The van der Waals surface area contributed by atoms with Crippen molar-refractivity contribution in [2.45, 2.75) is 6.42 Å². The van der Waals surface area contributed by atoms with Crippen LogP contribution in [0.1, 0.15) is 5.69 Å². The summed E-state index contributed by atoms with van der Waals surface area (Å²) in [6, 6.07) is 13.8. The van der Waals surface area contributed by atoms with E-state index in [0.29, 0.717) is 6.61 Å². The van der Waals surface area contributed by atoms with Gasteiger partial charge in [0.05, 0.1) is 6.61 Å². The SMILES string of the molecule is Brc1ccc(CCOc2ccccc2)nc1. The highest BCUT2D eigenvalue weighted by molar-refractivity contribution is 9.10. The van der Waals surface area contributed by atoms with Gasteiger partial charge in [-0.3, -0.25) is 4.98 Å². The maximum Gasteiger partial charge on any atom is 0.119 e. The maximum absolute atomic E-state index is 5.59. The second-order valence-electron chi connectivity index (χ2n) is 3.38. The van der Waals surface area contributed by atoms with Crippen LogP contribution in [-0.2, 0) is 6.42 Å². The molecule has 2 rings (SSSR count). The molecule has 0 radical (unpaired) electrons. The molecule has 2 nitrogen and oxygen atoms in total. The van der Waals surface area contributed by atoms with E-state index in [-0.39, 0.29) is 0 Å². The van der Waals surface area contributed by atoms with Crippen LogP contribution in [0.25, 0.3) is 0 Å². The fourth-order valence-corrected chi connectivity index (χ4v) is 1.58. The fourth-order valence-electron chi connectivity index (χ4n) is 1.34. The molecule has 2 aromatic rings. The lowest BCUT2D eigenvalue weighted by atomic mass is 10.3. The third-order valence-electron chi connectivity index (χ3n) is 2.16. The first kappa shape index (κ1) is 11.1. The summed E-state index contributed by atoms with van der Waals surface area (Å²) in [6.07, 6.45) is 2.63. The standard InChI is InChI=1S/C13H12BrNO/c14-11-6-7-12(15-10-11)8-9-16-13-4-2-1-3-5-13/h1-7,10H,8-9H2. The molecular formula is C13H12BrNO. The van der Waals surface area contributed by atoms with Crippen molar-refractivity contribution in [3.8, 4) is 5.75 Å². The van der Waals surface area contributed by atoms with Crippen molar-refractivity contribution in [3.63, 3.8) is 0 Å². The van der Waals surface area contributed by atoms with Crippen LogP contribution in [0.15, 0.2) is 53.1 Å². The molecule has 0 N–H and O–H groups in total. The van der Waals surface area contributed by atoms with Crippen LogP contribution in [0.5, 0.6) is 5.75 Å². The minimum Gasteiger partial charge on any atom is -0.493 e. The lowest BCUT2D eigenvalue weighted by molar-refractivity contribution is 0.320. The van der Waals surface area contributed by atoms with Gasteiger partial charge in [0.2, 0.25) is 0 Å². The molecular weight excluding hydrogens is 266 g/mol. The molecule has 1 aromatic heterocycles. The zero-order valence-corrected chi connectivity index (χ0v) is 10.4. The number of pyridine rings is 1. The average Bonchev–Trinajstić information content (AvgIpc) is 2.33. The molecule has 82 valence electrons. The number of aromatic nitrogens is 1. The Kier molecular flexibility index (Phi) is 3.94. The molecule has 0 spiro atoms. The summed E-state index contributed by atoms with van der Waals surface area (Å²) in [6.45, 7) is 0.651. The van der Waals surface area contributed by atoms with Gasteiger partial charge in [-0.25, -0.2) is 0 Å². The minimum absolute atomic E-state index is 0.651. The van der Waals surface area contributed by atoms with Gasteiger partial charge >= 0.3 is 0 Å². The number of ether oxygens (including phenoxy) is 1. The Hall–Kier alpha value is -1.35. The van der Waals surface area contributed by atoms with Gasteiger partial charge < -0.3 is 4.74 Å². The van der Waals surface area contributed by atoms with Crippen molar-refractivity contribution in [2.75, 3.05) is 6.61 Å². The fraction of sp³-hybridized carbons (Fsp3) is 0.154. The number of halogens is 1. The molecule has 16 heavy (non-hydrogen) atoms. The van der Waals surface area contributed by atoms with Gasteiger partial charge in [0.1, 0.15) is 5.75 Å². The quantitative estimate of drug-likeness (QED) is 0.854. The third kappa shape index (κ3) is 3.35. The van der Waals surface area contributed by atoms with Gasteiger partial charge in [0, 0.05) is 22.8 Å². The van der Waals surface area contributed by atoms with Crippen molar-refractivity contribution < 1.29 is 4.74 Å². The summed E-state index contributed by atoms with van der Waals surface area (Å²) in [5.41, 5.74) is 1.04. The van der Waals surface area contributed by atoms with E-state index in [1.807, 2.05) is 42.5 Å². The topological polar surface area (TPSA) is 22.1 Å². The second kappa shape index (κ2) is 5.66. The van der Waals surface area contributed by atoms with Crippen LogP contribution >= 0.6 is 15.9 Å². The lowest BCUT2D eigenvalue weighted by Gasteiger charge is -2.05. The van der Waals surface area contributed by atoms with E-state index in [9.17, 15) is 0 Å². The van der Waals surface area contributed by atoms with E-state index >= 15 is 0 Å². The average molecular weight is 278 g/mol. The van der Waals surface area contributed by atoms with Crippen molar-refractivity contribution >= 4 is 15.9 Å². The van der Waals surface area contributed by atoms with E-state index in [0.717, 1.165) is 22.3 Å². The highest BCUT2D eigenvalue weighted by Crippen LogP contribution is 2.10. The van der Waals surface area contributed by atoms with Crippen molar-refractivity contribution in [1.82, 2.24) is 4.98 Å². The summed E-state index contributed by atoms with van der Waals surface area (Å²) in [5, 5.41) is 0. The normalized spacial score (nSPS) is 10.1. The molecule has 0 fully saturated rings. The Labute approximate surface area is 103 Å². The lowest BCUT2D eigenvalue weighted by Crippen LogP contribution is -2.02. The van der Waals surface area contributed by atoms with Crippen molar-refractivity contribution in [2.24, 2.45) is 0 Å². The number of benzene rings is 1. The van der Waals surface area contributed by atoms with Gasteiger partial charge in [-0.05, 0) is 40.2 Å². The first-order valence-electron chi connectivity index (χ1n) is 5.13. The van der Waals surface area contributed by atoms with E-state index in [1.165, 1.54) is 0 Å². The minimum atomic E-state index is 0.651. The second-order valence-corrected chi connectivity index (χ2v) is 4.29. The molecule has 0 amide bonds. The van der Waals surface area contributed by atoms with E-state index in [2.05, 4.69) is 20.9 Å². The predicted molar refractivity (Wildman–Crippen MR) is 67.6 cm³/mol. The molecule has 0 aliphatic rings. The Balaban J connectivity index is 1.82. The molecule has 0 bridgehead atoms. The van der Waals surface area contributed by atoms with Crippen LogP contribution in [-0.4, -0.2) is 11.6 Å². The molecule has 0 atom stereocenters. The highest BCUT2D eigenvalue weighted by atomic mass is 79.9. The van der Waals surface area contributed by atoms with Crippen LogP contribution in [0, 0.1) is 0 Å². The van der Waals surface area contributed by atoms with Crippen LogP contribution in [0.4, 0.5) is 0 Å². The Bertz CT molecular complexity index is 427. The number of para-hydroxylation sites is 1. The van der Waals surface area contributed by atoms with Gasteiger partial charge in [0.15, 0.2) is 0 Å². The zero-order valence-electron chi connectivity index (χ0n) is 8.77. The molecule has 1 heterocycles. The maximum atomic E-state index is 5.59. The van der Waals surface area contributed by atoms with Crippen molar-refractivity contribution in [3.05, 3.63) is 58.8 Å². The Morgan fingerprint density at radius 3 is 2.56 bits per heavy atom. The Morgan fingerprint density at radius 2 is 1.88 bits per heavy atom. The van der Waals surface area contributed by atoms with Gasteiger partial charge in [-0.2, -0.15) is 0 Å². The molecule has 0 aliphatic heterocycles. The number of hydrogen-bond acceptors (Lipinski definition) is 2. The summed E-state index contributed by atoms with van der Waals surface area (Å²) in [5.74, 6) is 0.902. The van der Waals surface area contributed by atoms with E-state index in [1.54, 1.807) is 6.20 Å². The molecule has 1 aromatic carbocycles. The summed E-state index contributed by atoms with van der Waals surface area (Å²) in [7, 11) is 0. The zero-order chi connectivity index (χ0) is 11.2. The smallest absolute Gasteiger partial charge is 0.119 e. The van der Waals surface area contributed by atoms with Crippen LogP contribution in [0.2, 0.25) is 0 Å². The third-order valence-corrected chi connectivity index (χ3v) is 2.63. The highest BCUT2D eigenvalue weighted by Gasteiger charge is 1.96. The molecule has 0 aliphatic carbocycles. The van der Waals surface area contributed by atoms with E-state index < -0.39 is 0 Å². The molecule has 3 heteroatoms. The number of nitrogens with zero attached hydrogens (tertiary/aromatic N) is 1. The summed E-state index contributed by atoms with van der Waals surface area (Å²) < 4.78 is 6.59. The van der Waals surface area contributed by atoms with Gasteiger partial charge in [0.25, 0.3) is 0 Å². The Morgan fingerprint density at radius 1 is 1.06 bits per heavy atom. The van der Waals surface area contributed by atoms with Crippen molar-refractivity contribution in [1.29, 1.82) is 0 Å². The largest absolute Gasteiger partial charge is 0.493 e. The monoisotopic (exact) mass is 277 g/mol. The van der Waals surface area contributed by atoms with Gasteiger partial charge in [-0.1, -0.05) is 18.2 Å². The molecule has 0 saturated heterocycles. The first-order chi connectivity index (χ1) is 7.84. The molecule has 0 unspecified atom stereocenters. The van der Waals surface area contributed by atoms with Gasteiger partial charge in [-0.15, -0.1) is 0 Å². The molecule has 0 saturated carbocycles. The van der Waals surface area contributed by atoms with Crippen LogP contribution < -0.4 is 4.74 Å². The van der Waals surface area contributed by atoms with E-state index in [4.69, 9.17) is 4.74 Å². The number of hydrogen-bond donors (Lipinski definition) is 0. The predicted octanol–water partition coefficient (Wildman–Crippen LogP) is 3.47. The van der Waals surface area contributed by atoms with Crippen LogP contribution in [0.3, 0.4) is 0 Å².